The minimum atomic E-state index is 0.389. The Morgan fingerprint density at radius 1 is 1.19 bits per heavy atom. The summed E-state index contributed by atoms with van der Waals surface area (Å²) in [6.07, 6.45) is 3.42. The van der Waals surface area contributed by atoms with Gasteiger partial charge in [0.15, 0.2) is 0 Å². The molecule has 0 aliphatic carbocycles. The lowest BCUT2D eigenvalue weighted by Crippen LogP contribution is -2.46. The van der Waals surface area contributed by atoms with Gasteiger partial charge in [0.1, 0.15) is 6.07 Å². The number of hydrogen-bond donors (Lipinski definition) is 1. The summed E-state index contributed by atoms with van der Waals surface area (Å²) < 4.78 is 0. The monoisotopic (exact) mass is 284 g/mol. The van der Waals surface area contributed by atoms with Crippen LogP contribution in [0.15, 0.2) is 18.2 Å². The van der Waals surface area contributed by atoms with Crippen LogP contribution in [0.1, 0.15) is 30.4 Å². The molecule has 0 spiro atoms. The van der Waals surface area contributed by atoms with Crippen LogP contribution in [0.5, 0.6) is 0 Å². The van der Waals surface area contributed by atoms with Crippen molar-refractivity contribution < 1.29 is 0 Å². The first-order valence-electron chi connectivity index (χ1n) is 7.93. The first-order chi connectivity index (χ1) is 10.2. The molecule has 1 atom stereocenters. The van der Waals surface area contributed by atoms with E-state index in [4.69, 9.17) is 5.73 Å². The molecular weight excluding hydrogens is 260 g/mol. The zero-order valence-electron chi connectivity index (χ0n) is 12.8. The highest BCUT2D eigenvalue weighted by Gasteiger charge is 2.31. The van der Waals surface area contributed by atoms with Gasteiger partial charge < -0.3 is 10.6 Å². The highest BCUT2D eigenvalue weighted by Crippen LogP contribution is 2.30. The Hall–Kier alpha value is -1.57. The lowest BCUT2D eigenvalue weighted by molar-refractivity contribution is 0.163. The molecule has 2 heterocycles. The number of benzene rings is 1. The van der Waals surface area contributed by atoms with E-state index in [-0.39, 0.29) is 0 Å². The van der Waals surface area contributed by atoms with Gasteiger partial charge in [0, 0.05) is 25.2 Å². The van der Waals surface area contributed by atoms with E-state index in [1.54, 1.807) is 0 Å². The summed E-state index contributed by atoms with van der Waals surface area (Å²) in [5.41, 5.74) is 9.14. The van der Waals surface area contributed by atoms with E-state index in [0.717, 1.165) is 50.3 Å². The van der Waals surface area contributed by atoms with E-state index in [2.05, 4.69) is 28.9 Å². The largest absolute Gasteiger partial charge is 0.369 e. The molecule has 2 aliphatic heterocycles. The van der Waals surface area contributed by atoms with Crippen molar-refractivity contribution in [3.63, 3.8) is 0 Å². The Labute approximate surface area is 127 Å². The molecule has 0 saturated carbocycles. The van der Waals surface area contributed by atoms with Gasteiger partial charge in [0.05, 0.1) is 11.3 Å². The lowest BCUT2D eigenvalue weighted by atomic mass is 10.0. The smallest absolute Gasteiger partial charge is 0.101 e. The number of para-hydroxylation sites is 1. The van der Waals surface area contributed by atoms with Crippen LogP contribution in [-0.2, 0) is 0 Å². The van der Waals surface area contributed by atoms with Crippen molar-refractivity contribution >= 4 is 5.69 Å². The minimum Gasteiger partial charge on any atom is -0.369 e. The second kappa shape index (κ2) is 6.05. The number of anilines is 1. The Balaban J connectivity index is 1.72. The number of nitrogens with zero attached hydrogens (tertiary/aromatic N) is 3. The van der Waals surface area contributed by atoms with Crippen LogP contribution in [0.3, 0.4) is 0 Å². The van der Waals surface area contributed by atoms with Crippen molar-refractivity contribution in [1.82, 2.24) is 4.90 Å². The van der Waals surface area contributed by atoms with E-state index >= 15 is 0 Å². The second-order valence-corrected chi connectivity index (χ2v) is 6.34. The molecule has 21 heavy (non-hydrogen) atoms. The number of hydrogen-bond acceptors (Lipinski definition) is 4. The third kappa shape index (κ3) is 2.90. The molecule has 3 rings (SSSR count). The molecule has 0 bridgehead atoms. The highest BCUT2D eigenvalue weighted by atomic mass is 15.3. The van der Waals surface area contributed by atoms with Crippen LogP contribution in [0.4, 0.5) is 5.69 Å². The predicted octanol–water partition coefficient (Wildman–Crippen LogP) is 1.87. The van der Waals surface area contributed by atoms with E-state index in [1.807, 2.05) is 12.1 Å². The van der Waals surface area contributed by atoms with Gasteiger partial charge in [-0.1, -0.05) is 12.1 Å². The third-order valence-electron chi connectivity index (χ3n) is 4.93. The first kappa shape index (κ1) is 14.4. The molecule has 1 aromatic rings. The third-order valence-corrected chi connectivity index (χ3v) is 4.93. The predicted molar refractivity (Wildman–Crippen MR) is 85.3 cm³/mol. The van der Waals surface area contributed by atoms with Crippen molar-refractivity contribution in [3.8, 4) is 6.07 Å². The SMILES string of the molecule is Cc1cccc(C#N)c1N1CCC(N2CCC(N)CC2)C1. The molecule has 2 N–H and O–H groups in total. The number of rotatable bonds is 2. The second-order valence-electron chi connectivity index (χ2n) is 6.34. The maximum absolute atomic E-state index is 9.35. The maximum Gasteiger partial charge on any atom is 0.101 e. The van der Waals surface area contributed by atoms with Crippen LogP contribution in [0, 0.1) is 18.3 Å². The van der Waals surface area contributed by atoms with Gasteiger partial charge in [-0.15, -0.1) is 0 Å². The summed E-state index contributed by atoms with van der Waals surface area (Å²) in [7, 11) is 0. The van der Waals surface area contributed by atoms with Gasteiger partial charge in [0.2, 0.25) is 0 Å². The summed E-state index contributed by atoms with van der Waals surface area (Å²) >= 11 is 0. The zero-order chi connectivity index (χ0) is 14.8. The molecule has 2 aliphatic rings. The minimum absolute atomic E-state index is 0.389. The van der Waals surface area contributed by atoms with Gasteiger partial charge >= 0.3 is 0 Å². The molecule has 0 radical (unpaired) electrons. The van der Waals surface area contributed by atoms with Gasteiger partial charge in [-0.3, -0.25) is 4.90 Å². The first-order valence-corrected chi connectivity index (χ1v) is 7.93. The van der Waals surface area contributed by atoms with Crippen molar-refractivity contribution in [2.45, 2.75) is 38.3 Å². The zero-order valence-corrected chi connectivity index (χ0v) is 12.8. The molecule has 112 valence electrons. The highest BCUT2D eigenvalue weighted by molar-refractivity contribution is 5.64. The molecule has 2 saturated heterocycles. The van der Waals surface area contributed by atoms with E-state index in [0.29, 0.717) is 12.1 Å². The number of nitriles is 1. The fraction of sp³-hybridized carbons (Fsp3) is 0.588. The van der Waals surface area contributed by atoms with Crippen molar-refractivity contribution in [2.75, 3.05) is 31.1 Å². The van der Waals surface area contributed by atoms with Crippen molar-refractivity contribution in [3.05, 3.63) is 29.3 Å². The summed E-state index contributed by atoms with van der Waals surface area (Å²) in [6.45, 7) is 6.43. The van der Waals surface area contributed by atoms with Gasteiger partial charge in [-0.05, 0) is 50.9 Å². The van der Waals surface area contributed by atoms with Gasteiger partial charge in [-0.25, -0.2) is 0 Å². The van der Waals surface area contributed by atoms with Crippen molar-refractivity contribution in [1.29, 1.82) is 5.26 Å². The Bertz CT molecular complexity index is 540. The number of piperidine rings is 1. The molecule has 4 heteroatoms. The Morgan fingerprint density at radius 2 is 1.95 bits per heavy atom. The van der Waals surface area contributed by atoms with Crippen molar-refractivity contribution in [2.24, 2.45) is 5.73 Å². The average Bonchev–Trinajstić information content (AvgIpc) is 2.97. The topological polar surface area (TPSA) is 56.3 Å². The van der Waals surface area contributed by atoms with Gasteiger partial charge in [0.25, 0.3) is 0 Å². The standard InChI is InChI=1S/C17H24N4/c1-13-3-2-4-14(11-18)17(13)21-10-7-16(12-21)20-8-5-15(19)6-9-20/h2-4,15-16H,5-10,12,19H2,1H3. The normalized spacial score (nSPS) is 24.2. The molecule has 1 aromatic carbocycles. The van der Waals surface area contributed by atoms with Crippen LogP contribution >= 0.6 is 0 Å². The van der Waals surface area contributed by atoms with Crippen LogP contribution in [0.25, 0.3) is 0 Å². The maximum atomic E-state index is 9.35. The van der Waals surface area contributed by atoms with E-state index in [9.17, 15) is 5.26 Å². The fourth-order valence-corrected chi connectivity index (χ4v) is 3.70. The lowest BCUT2D eigenvalue weighted by Gasteiger charge is -2.35. The molecule has 4 nitrogen and oxygen atoms in total. The Morgan fingerprint density at radius 3 is 2.67 bits per heavy atom. The van der Waals surface area contributed by atoms with Crippen LogP contribution < -0.4 is 10.6 Å². The summed E-state index contributed by atoms with van der Waals surface area (Å²) in [4.78, 5) is 4.99. The van der Waals surface area contributed by atoms with E-state index in [1.165, 1.54) is 12.0 Å². The number of aryl methyl sites for hydroxylation is 1. The summed E-state index contributed by atoms with van der Waals surface area (Å²) in [5.74, 6) is 0. The van der Waals surface area contributed by atoms with E-state index < -0.39 is 0 Å². The van der Waals surface area contributed by atoms with Crippen LogP contribution in [0.2, 0.25) is 0 Å². The molecule has 0 aromatic heterocycles. The van der Waals surface area contributed by atoms with Gasteiger partial charge in [-0.2, -0.15) is 5.26 Å². The molecular formula is C17H24N4. The summed E-state index contributed by atoms with van der Waals surface area (Å²) in [5, 5.41) is 9.35. The summed E-state index contributed by atoms with van der Waals surface area (Å²) in [6, 6.07) is 9.34. The molecule has 0 amide bonds. The fourth-order valence-electron chi connectivity index (χ4n) is 3.70. The number of likely N-dealkylation sites (tertiary alicyclic amines) is 1. The van der Waals surface area contributed by atoms with Crippen LogP contribution in [-0.4, -0.2) is 43.2 Å². The molecule has 1 unspecified atom stereocenters. The number of nitrogens with two attached hydrogens (primary N) is 1. The molecule has 2 fully saturated rings. The Kier molecular flexibility index (Phi) is 4.14. The average molecular weight is 284 g/mol. The quantitative estimate of drug-likeness (QED) is 0.901.